The van der Waals surface area contributed by atoms with Crippen LogP contribution in [-0.2, 0) is 6.54 Å². The second kappa shape index (κ2) is 5.83. The maximum absolute atomic E-state index is 11.9. The van der Waals surface area contributed by atoms with Crippen molar-refractivity contribution < 1.29 is 4.79 Å². The Labute approximate surface area is 120 Å². The molecule has 1 atom stereocenters. The molecule has 2 saturated heterocycles. The fourth-order valence-corrected chi connectivity index (χ4v) is 3.26. The van der Waals surface area contributed by atoms with Crippen LogP contribution in [0.25, 0.3) is 0 Å². The zero-order valence-electron chi connectivity index (χ0n) is 12.1. The van der Waals surface area contributed by atoms with Gasteiger partial charge in [0.1, 0.15) is 0 Å². The fourth-order valence-electron chi connectivity index (χ4n) is 3.26. The van der Waals surface area contributed by atoms with Gasteiger partial charge < -0.3 is 10.2 Å². The molecule has 0 unspecified atom stereocenters. The molecule has 108 valence electrons. The minimum Gasteiger partial charge on any atom is -0.334 e. The van der Waals surface area contributed by atoms with E-state index in [1.165, 1.54) is 5.56 Å². The van der Waals surface area contributed by atoms with Gasteiger partial charge in [-0.3, -0.25) is 4.90 Å². The summed E-state index contributed by atoms with van der Waals surface area (Å²) in [6.45, 7) is 6.12. The number of hydrogen-bond acceptors (Lipinski definition) is 2. The van der Waals surface area contributed by atoms with Crippen LogP contribution in [0, 0.1) is 0 Å². The molecule has 4 heteroatoms. The summed E-state index contributed by atoms with van der Waals surface area (Å²) in [6, 6.07) is 11.5. The van der Waals surface area contributed by atoms with Crippen LogP contribution in [0.3, 0.4) is 0 Å². The number of hydrogen-bond donors (Lipinski definition) is 1. The minimum atomic E-state index is 0.124. The molecule has 0 spiro atoms. The maximum atomic E-state index is 11.9. The highest BCUT2D eigenvalue weighted by atomic mass is 16.2. The Bertz CT molecular complexity index is 454. The van der Waals surface area contributed by atoms with Crippen molar-refractivity contribution in [2.24, 2.45) is 0 Å². The van der Waals surface area contributed by atoms with Gasteiger partial charge in [0, 0.05) is 38.3 Å². The van der Waals surface area contributed by atoms with E-state index in [9.17, 15) is 4.79 Å². The van der Waals surface area contributed by atoms with E-state index in [0.29, 0.717) is 12.1 Å². The van der Waals surface area contributed by atoms with E-state index in [1.54, 1.807) is 0 Å². The highest BCUT2D eigenvalue weighted by molar-refractivity contribution is 5.77. The zero-order chi connectivity index (χ0) is 13.9. The van der Waals surface area contributed by atoms with Gasteiger partial charge in [0.05, 0.1) is 0 Å². The number of carbonyl (C=O) groups excluding carboxylic acids is 1. The van der Waals surface area contributed by atoms with E-state index in [-0.39, 0.29) is 6.03 Å². The molecule has 2 aliphatic rings. The molecule has 2 aliphatic heterocycles. The third-order valence-corrected chi connectivity index (χ3v) is 4.35. The lowest BCUT2D eigenvalue weighted by molar-refractivity contribution is 0.131. The first-order valence-electron chi connectivity index (χ1n) is 7.56. The molecule has 3 rings (SSSR count). The summed E-state index contributed by atoms with van der Waals surface area (Å²) in [5.74, 6) is 0. The molecular formula is C16H23N3O. The molecule has 2 fully saturated rings. The molecule has 2 heterocycles. The molecule has 1 aromatic carbocycles. The lowest BCUT2D eigenvalue weighted by Crippen LogP contribution is -2.45. The highest BCUT2D eigenvalue weighted by Crippen LogP contribution is 2.21. The van der Waals surface area contributed by atoms with Crippen LogP contribution in [0.4, 0.5) is 4.79 Å². The topological polar surface area (TPSA) is 35.6 Å². The molecule has 1 N–H and O–H groups in total. The van der Waals surface area contributed by atoms with Gasteiger partial charge in [-0.2, -0.15) is 0 Å². The predicted molar refractivity (Wildman–Crippen MR) is 79.4 cm³/mol. The van der Waals surface area contributed by atoms with Crippen molar-refractivity contribution in [1.29, 1.82) is 0 Å². The molecule has 0 aromatic heterocycles. The summed E-state index contributed by atoms with van der Waals surface area (Å²) < 4.78 is 0. The summed E-state index contributed by atoms with van der Waals surface area (Å²) in [6.07, 6.45) is 2.18. The largest absolute Gasteiger partial charge is 0.334 e. The number of amides is 2. The number of rotatable bonds is 3. The monoisotopic (exact) mass is 273 g/mol. The summed E-state index contributed by atoms with van der Waals surface area (Å²) >= 11 is 0. The van der Waals surface area contributed by atoms with Gasteiger partial charge in [0.2, 0.25) is 0 Å². The van der Waals surface area contributed by atoms with Crippen LogP contribution in [0.15, 0.2) is 30.3 Å². The Morgan fingerprint density at radius 2 is 1.90 bits per heavy atom. The van der Waals surface area contributed by atoms with Crippen LogP contribution in [0.5, 0.6) is 0 Å². The average Bonchev–Trinajstić information content (AvgIpc) is 2.80. The number of benzene rings is 1. The van der Waals surface area contributed by atoms with Gasteiger partial charge in [-0.15, -0.1) is 0 Å². The zero-order valence-corrected chi connectivity index (χ0v) is 12.1. The van der Waals surface area contributed by atoms with Crippen molar-refractivity contribution in [3.05, 3.63) is 35.9 Å². The SMILES string of the molecule is C[C@H]1CN(C2CCN(Cc3ccccc3)CC2)C(=O)N1. The van der Waals surface area contributed by atoms with Gasteiger partial charge in [0.25, 0.3) is 0 Å². The molecule has 0 saturated carbocycles. The van der Waals surface area contributed by atoms with E-state index in [4.69, 9.17) is 0 Å². The molecule has 1 aromatic rings. The Morgan fingerprint density at radius 3 is 2.50 bits per heavy atom. The van der Waals surface area contributed by atoms with Crippen LogP contribution < -0.4 is 5.32 Å². The summed E-state index contributed by atoms with van der Waals surface area (Å²) in [4.78, 5) is 16.4. The first-order valence-corrected chi connectivity index (χ1v) is 7.56. The van der Waals surface area contributed by atoms with Gasteiger partial charge in [0.15, 0.2) is 0 Å². The number of likely N-dealkylation sites (tertiary alicyclic amines) is 1. The van der Waals surface area contributed by atoms with Crippen LogP contribution in [-0.4, -0.2) is 47.5 Å². The second-order valence-electron chi connectivity index (χ2n) is 6.00. The van der Waals surface area contributed by atoms with E-state index in [1.807, 2.05) is 4.90 Å². The van der Waals surface area contributed by atoms with E-state index < -0.39 is 0 Å². The first kappa shape index (κ1) is 13.4. The molecular weight excluding hydrogens is 250 g/mol. The van der Waals surface area contributed by atoms with E-state index in [0.717, 1.165) is 39.0 Å². The second-order valence-corrected chi connectivity index (χ2v) is 6.00. The van der Waals surface area contributed by atoms with E-state index in [2.05, 4.69) is 47.5 Å². The molecule has 20 heavy (non-hydrogen) atoms. The minimum absolute atomic E-state index is 0.124. The number of piperidine rings is 1. The number of urea groups is 1. The normalized spacial score (nSPS) is 24.9. The number of nitrogens with zero attached hydrogens (tertiary/aromatic N) is 2. The smallest absolute Gasteiger partial charge is 0.317 e. The summed E-state index contributed by atoms with van der Waals surface area (Å²) in [7, 11) is 0. The van der Waals surface area contributed by atoms with Gasteiger partial charge in [-0.1, -0.05) is 30.3 Å². The first-order chi connectivity index (χ1) is 9.72. The summed E-state index contributed by atoms with van der Waals surface area (Å²) in [5.41, 5.74) is 1.37. The standard InChI is InChI=1S/C16H23N3O/c1-13-11-19(16(20)17-13)15-7-9-18(10-8-15)12-14-5-3-2-4-6-14/h2-6,13,15H,7-12H2,1H3,(H,17,20)/t13-/m0/s1. The molecule has 0 bridgehead atoms. The Kier molecular flexibility index (Phi) is 3.92. The third-order valence-electron chi connectivity index (χ3n) is 4.35. The fraction of sp³-hybridized carbons (Fsp3) is 0.562. The number of carbonyl (C=O) groups is 1. The van der Waals surface area contributed by atoms with Gasteiger partial charge in [-0.05, 0) is 25.3 Å². The van der Waals surface area contributed by atoms with Crippen LogP contribution in [0.1, 0.15) is 25.3 Å². The Balaban J connectivity index is 1.51. The van der Waals surface area contributed by atoms with Crippen LogP contribution >= 0.6 is 0 Å². The van der Waals surface area contributed by atoms with Crippen molar-refractivity contribution in [2.75, 3.05) is 19.6 Å². The molecule has 0 aliphatic carbocycles. The average molecular weight is 273 g/mol. The molecule has 0 radical (unpaired) electrons. The van der Waals surface area contributed by atoms with Crippen molar-refractivity contribution in [2.45, 2.75) is 38.4 Å². The van der Waals surface area contributed by atoms with E-state index >= 15 is 0 Å². The van der Waals surface area contributed by atoms with Gasteiger partial charge in [-0.25, -0.2) is 4.79 Å². The Morgan fingerprint density at radius 1 is 1.20 bits per heavy atom. The Hall–Kier alpha value is -1.55. The molecule has 4 nitrogen and oxygen atoms in total. The molecule has 2 amide bonds. The number of nitrogens with one attached hydrogen (secondary N) is 1. The van der Waals surface area contributed by atoms with Crippen molar-refractivity contribution in [1.82, 2.24) is 15.1 Å². The summed E-state index contributed by atoms with van der Waals surface area (Å²) in [5, 5.41) is 2.99. The maximum Gasteiger partial charge on any atom is 0.317 e. The van der Waals surface area contributed by atoms with Crippen LogP contribution in [0.2, 0.25) is 0 Å². The lowest BCUT2D eigenvalue weighted by atomic mass is 10.0. The lowest BCUT2D eigenvalue weighted by Gasteiger charge is -2.36. The third kappa shape index (κ3) is 2.96. The van der Waals surface area contributed by atoms with Gasteiger partial charge >= 0.3 is 6.03 Å². The highest BCUT2D eigenvalue weighted by Gasteiger charge is 2.33. The quantitative estimate of drug-likeness (QED) is 0.915. The predicted octanol–water partition coefficient (Wildman–Crippen LogP) is 2.06. The van der Waals surface area contributed by atoms with Crippen molar-refractivity contribution in [3.63, 3.8) is 0 Å². The van der Waals surface area contributed by atoms with Crippen molar-refractivity contribution >= 4 is 6.03 Å². The van der Waals surface area contributed by atoms with Crippen molar-refractivity contribution in [3.8, 4) is 0 Å².